The summed E-state index contributed by atoms with van der Waals surface area (Å²) in [4.78, 5) is 0. The standard InChI is InChI=1S/C12H13Br2N3O/c1-7-11(14)12(15)17(16-7)6-8-3-4-10(18-2)9(13)5-8/h3-5H,6,15H2,1-2H3. The summed E-state index contributed by atoms with van der Waals surface area (Å²) in [6.45, 7) is 2.54. The monoisotopic (exact) mass is 373 g/mol. The molecule has 0 fully saturated rings. The highest BCUT2D eigenvalue weighted by atomic mass is 79.9. The number of methoxy groups -OCH3 is 1. The zero-order chi connectivity index (χ0) is 13.3. The molecular formula is C12H13Br2N3O. The molecule has 6 heteroatoms. The van der Waals surface area contributed by atoms with E-state index in [1.54, 1.807) is 11.8 Å². The fourth-order valence-electron chi connectivity index (χ4n) is 1.68. The molecule has 0 saturated heterocycles. The number of nitrogens with two attached hydrogens (primary N) is 1. The van der Waals surface area contributed by atoms with E-state index in [2.05, 4.69) is 37.0 Å². The second-order valence-corrected chi connectivity index (χ2v) is 5.56. The fourth-order valence-corrected chi connectivity index (χ4v) is 2.55. The largest absolute Gasteiger partial charge is 0.496 e. The van der Waals surface area contributed by atoms with Gasteiger partial charge >= 0.3 is 0 Å². The van der Waals surface area contributed by atoms with Crippen molar-refractivity contribution >= 4 is 37.7 Å². The SMILES string of the molecule is COc1ccc(Cn2nc(C)c(Br)c2N)cc1Br. The van der Waals surface area contributed by atoms with Crippen molar-refractivity contribution in [2.75, 3.05) is 12.8 Å². The van der Waals surface area contributed by atoms with Gasteiger partial charge < -0.3 is 10.5 Å². The number of aromatic nitrogens is 2. The van der Waals surface area contributed by atoms with Gasteiger partial charge in [0.15, 0.2) is 0 Å². The highest BCUT2D eigenvalue weighted by molar-refractivity contribution is 9.11. The number of benzene rings is 1. The van der Waals surface area contributed by atoms with Gasteiger partial charge in [-0.3, -0.25) is 0 Å². The highest BCUT2D eigenvalue weighted by Crippen LogP contribution is 2.27. The summed E-state index contributed by atoms with van der Waals surface area (Å²) in [5.74, 6) is 1.45. The minimum absolute atomic E-state index is 0.626. The van der Waals surface area contributed by atoms with Gasteiger partial charge in [-0.1, -0.05) is 6.07 Å². The number of ether oxygens (including phenoxy) is 1. The van der Waals surface area contributed by atoms with Crippen LogP contribution in [0.1, 0.15) is 11.3 Å². The molecule has 2 aromatic rings. The molecule has 0 bridgehead atoms. The number of hydrogen-bond donors (Lipinski definition) is 1. The topological polar surface area (TPSA) is 53.1 Å². The Balaban J connectivity index is 2.28. The van der Waals surface area contributed by atoms with E-state index < -0.39 is 0 Å². The molecule has 0 radical (unpaired) electrons. The molecule has 1 aromatic carbocycles. The minimum atomic E-state index is 0.626. The van der Waals surface area contributed by atoms with Crippen LogP contribution in [0, 0.1) is 6.92 Å². The van der Waals surface area contributed by atoms with Gasteiger partial charge in [0.05, 0.1) is 28.3 Å². The zero-order valence-electron chi connectivity index (χ0n) is 10.1. The van der Waals surface area contributed by atoms with Crippen LogP contribution in [0.2, 0.25) is 0 Å². The number of anilines is 1. The molecule has 0 aliphatic heterocycles. The van der Waals surface area contributed by atoms with Crippen molar-refractivity contribution in [1.29, 1.82) is 0 Å². The van der Waals surface area contributed by atoms with E-state index in [1.807, 2.05) is 25.1 Å². The van der Waals surface area contributed by atoms with Crippen molar-refractivity contribution in [2.45, 2.75) is 13.5 Å². The maximum absolute atomic E-state index is 5.96. The zero-order valence-corrected chi connectivity index (χ0v) is 13.2. The van der Waals surface area contributed by atoms with Crippen LogP contribution in [-0.2, 0) is 6.54 Å². The van der Waals surface area contributed by atoms with E-state index in [0.29, 0.717) is 12.4 Å². The van der Waals surface area contributed by atoms with Crippen molar-refractivity contribution < 1.29 is 4.74 Å². The Morgan fingerprint density at radius 1 is 1.39 bits per heavy atom. The Bertz CT molecular complexity index is 581. The molecule has 1 heterocycles. The Morgan fingerprint density at radius 2 is 2.11 bits per heavy atom. The molecule has 0 aliphatic rings. The molecular weight excluding hydrogens is 362 g/mol. The number of nitrogen functional groups attached to an aromatic ring is 1. The summed E-state index contributed by atoms with van der Waals surface area (Å²) < 4.78 is 8.74. The third-order valence-electron chi connectivity index (χ3n) is 2.64. The molecule has 1 aromatic heterocycles. The molecule has 0 aliphatic carbocycles. The van der Waals surface area contributed by atoms with Gasteiger partial charge in [-0.15, -0.1) is 0 Å². The molecule has 0 spiro atoms. The molecule has 4 nitrogen and oxygen atoms in total. The number of rotatable bonds is 3. The Morgan fingerprint density at radius 3 is 2.61 bits per heavy atom. The number of nitrogens with zero attached hydrogens (tertiary/aromatic N) is 2. The molecule has 2 N–H and O–H groups in total. The normalized spacial score (nSPS) is 10.7. The van der Waals surface area contributed by atoms with Crippen molar-refractivity contribution in [2.24, 2.45) is 0 Å². The summed E-state index contributed by atoms with van der Waals surface area (Å²) in [5, 5.41) is 4.38. The summed E-state index contributed by atoms with van der Waals surface area (Å²) in [6, 6.07) is 5.91. The molecule has 0 unspecified atom stereocenters. The molecule has 0 atom stereocenters. The van der Waals surface area contributed by atoms with Crippen LogP contribution in [0.15, 0.2) is 27.1 Å². The molecule has 0 saturated carbocycles. The van der Waals surface area contributed by atoms with Crippen LogP contribution in [0.5, 0.6) is 5.75 Å². The molecule has 96 valence electrons. The summed E-state index contributed by atoms with van der Waals surface area (Å²) in [7, 11) is 1.64. The summed E-state index contributed by atoms with van der Waals surface area (Å²) >= 11 is 6.88. The van der Waals surface area contributed by atoms with Crippen LogP contribution in [0.4, 0.5) is 5.82 Å². The highest BCUT2D eigenvalue weighted by Gasteiger charge is 2.10. The predicted molar refractivity (Wildman–Crippen MR) is 78.9 cm³/mol. The van der Waals surface area contributed by atoms with Crippen LogP contribution < -0.4 is 10.5 Å². The first-order chi connectivity index (χ1) is 8.52. The lowest BCUT2D eigenvalue weighted by atomic mass is 10.2. The third kappa shape index (κ3) is 2.54. The number of halogens is 2. The Kier molecular flexibility index (Phi) is 3.97. The minimum Gasteiger partial charge on any atom is -0.496 e. The quantitative estimate of drug-likeness (QED) is 0.896. The average molecular weight is 375 g/mol. The van der Waals surface area contributed by atoms with Gasteiger partial charge in [0, 0.05) is 0 Å². The van der Waals surface area contributed by atoms with Gasteiger partial charge in [-0.2, -0.15) is 5.10 Å². The maximum atomic E-state index is 5.96. The second-order valence-electron chi connectivity index (χ2n) is 3.91. The number of aryl methyl sites for hydroxylation is 1. The van der Waals surface area contributed by atoms with Gasteiger partial charge in [-0.05, 0) is 56.5 Å². The van der Waals surface area contributed by atoms with E-state index >= 15 is 0 Å². The Hall–Kier alpha value is -1.01. The third-order valence-corrected chi connectivity index (χ3v) is 4.24. The Labute approximate surface area is 122 Å². The first kappa shape index (κ1) is 13.4. The van der Waals surface area contributed by atoms with Crippen LogP contribution in [0.25, 0.3) is 0 Å². The molecule has 2 rings (SSSR count). The lowest BCUT2D eigenvalue weighted by Gasteiger charge is -2.07. The van der Waals surface area contributed by atoms with E-state index in [1.165, 1.54) is 0 Å². The first-order valence-corrected chi connectivity index (χ1v) is 6.92. The van der Waals surface area contributed by atoms with Gasteiger partial charge in [0.25, 0.3) is 0 Å². The lowest BCUT2D eigenvalue weighted by Crippen LogP contribution is -2.06. The smallest absolute Gasteiger partial charge is 0.136 e. The van der Waals surface area contributed by atoms with Crippen molar-refractivity contribution in [3.63, 3.8) is 0 Å². The van der Waals surface area contributed by atoms with Crippen molar-refractivity contribution in [3.8, 4) is 5.75 Å². The van der Waals surface area contributed by atoms with Crippen LogP contribution in [0.3, 0.4) is 0 Å². The summed E-state index contributed by atoms with van der Waals surface area (Å²) in [6.07, 6.45) is 0. The van der Waals surface area contributed by atoms with E-state index in [4.69, 9.17) is 10.5 Å². The lowest BCUT2D eigenvalue weighted by molar-refractivity contribution is 0.412. The van der Waals surface area contributed by atoms with Crippen LogP contribution in [-0.4, -0.2) is 16.9 Å². The second kappa shape index (κ2) is 5.32. The van der Waals surface area contributed by atoms with E-state index in [9.17, 15) is 0 Å². The maximum Gasteiger partial charge on any atom is 0.136 e. The fraction of sp³-hybridized carbons (Fsp3) is 0.250. The molecule has 18 heavy (non-hydrogen) atoms. The van der Waals surface area contributed by atoms with Gasteiger partial charge in [0.1, 0.15) is 11.6 Å². The summed E-state index contributed by atoms with van der Waals surface area (Å²) in [5.41, 5.74) is 7.95. The van der Waals surface area contributed by atoms with Crippen LogP contribution >= 0.6 is 31.9 Å². The predicted octanol–water partition coefficient (Wildman–Crippen LogP) is 3.36. The average Bonchev–Trinajstić information content (AvgIpc) is 2.57. The first-order valence-electron chi connectivity index (χ1n) is 5.33. The molecule has 0 amide bonds. The van der Waals surface area contributed by atoms with E-state index in [0.717, 1.165) is 26.0 Å². The van der Waals surface area contributed by atoms with Crippen molar-refractivity contribution in [1.82, 2.24) is 9.78 Å². The number of hydrogen-bond acceptors (Lipinski definition) is 3. The van der Waals surface area contributed by atoms with Gasteiger partial charge in [0.2, 0.25) is 0 Å². The van der Waals surface area contributed by atoms with Gasteiger partial charge in [-0.25, -0.2) is 4.68 Å². The van der Waals surface area contributed by atoms with E-state index in [-0.39, 0.29) is 0 Å². The van der Waals surface area contributed by atoms with Crippen molar-refractivity contribution in [3.05, 3.63) is 38.4 Å².